The van der Waals surface area contributed by atoms with Crippen LogP contribution in [0.4, 0.5) is 0 Å². The van der Waals surface area contributed by atoms with Crippen LogP contribution in [0.3, 0.4) is 0 Å². The lowest BCUT2D eigenvalue weighted by molar-refractivity contribution is 0.508. The molecule has 0 aromatic heterocycles. The number of rotatable bonds is 47. The zero-order valence-electron chi connectivity index (χ0n) is 35.9. The van der Waals surface area contributed by atoms with Crippen LogP contribution in [0, 0.1) is 0 Å². The van der Waals surface area contributed by atoms with Crippen LogP contribution >= 0.6 is 0 Å². The van der Waals surface area contributed by atoms with E-state index in [4.69, 9.17) is 0 Å². The molecule has 0 aromatic rings. The van der Waals surface area contributed by atoms with Gasteiger partial charge in [-0.3, -0.25) is 0 Å². The normalized spacial score (nSPS) is 11.6. The van der Waals surface area contributed by atoms with E-state index < -0.39 is 0 Å². The Morgan fingerprint density at radius 2 is 0.160 bits per heavy atom. The molecule has 0 heterocycles. The van der Waals surface area contributed by atoms with Crippen molar-refractivity contribution in [1.29, 1.82) is 0 Å². The van der Waals surface area contributed by atoms with Crippen molar-refractivity contribution >= 4 is 0 Å². The third-order valence-corrected chi connectivity index (χ3v) is 12.0. The van der Waals surface area contributed by atoms with Crippen molar-refractivity contribution in [1.82, 2.24) is 0 Å². The summed E-state index contributed by atoms with van der Waals surface area (Å²) in [7, 11) is 0. The van der Waals surface area contributed by atoms with Crippen molar-refractivity contribution in [2.45, 2.75) is 322 Å². The predicted molar refractivity (Wildman–Crippen MR) is 233 cm³/mol. The molecule has 0 rings (SSSR count). The summed E-state index contributed by atoms with van der Waals surface area (Å²) in [4.78, 5) is 0. The van der Waals surface area contributed by atoms with Crippen molar-refractivity contribution in [2.24, 2.45) is 0 Å². The zero-order valence-corrected chi connectivity index (χ0v) is 35.9. The first-order valence-corrected chi connectivity index (χ1v) is 24.9. The molecule has 0 unspecified atom stereocenters. The third-order valence-electron chi connectivity index (χ3n) is 12.0. The molecule has 0 radical (unpaired) electrons. The summed E-state index contributed by atoms with van der Waals surface area (Å²) in [6.07, 6.45) is 71.4. The quantitative estimate of drug-likeness (QED) is 0.0554. The summed E-state index contributed by atoms with van der Waals surface area (Å²) in [5.74, 6) is 0. The maximum Gasteiger partial charge on any atom is -0.0533 e. The van der Waals surface area contributed by atoms with E-state index in [0.29, 0.717) is 0 Å². The topological polar surface area (TPSA) is 0 Å². The Kier molecular flexibility index (Phi) is 49.0. The summed E-state index contributed by atoms with van der Waals surface area (Å²) < 4.78 is 0. The molecule has 302 valence electrons. The maximum absolute atomic E-state index is 2.31. The highest BCUT2D eigenvalue weighted by atomic mass is 14.0. The number of hydrogen-bond acceptors (Lipinski definition) is 0. The molecule has 0 aliphatic carbocycles. The third kappa shape index (κ3) is 48.0. The van der Waals surface area contributed by atoms with Crippen molar-refractivity contribution in [2.75, 3.05) is 0 Å². The van der Waals surface area contributed by atoms with Gasteiger partial charge < -0.3 is 0 Å². The summed E-state index contributed by atoms with van der Waals surface area (Å²) in [5, 5.41) is 0. The molecule has 0 N–H and O–H groups in total. The summed E-state index contributed by atoms with van der Waals surface area (Å²) in [5.41, 5.74) is 0. The molecule has 0 aliphatic rings. The van der Waals surface area contributed by atoms with Gasteiger partial charge in [0.1, 0.15) is 0 Å². The van der Waals surface area contributed by atoms with E-state index in [2.05, 4.69) is 13.8 Å². The standard InChI is InChI=1S/C50H102/c1-3-5-7-9-11-13-15-17-19-21-23-25-27-29-31-33-35-37-39-41-43-45-47-49-50-48-46-44-42-40-38-36-34-32-30-28-26-24-22-20-18-16-14-12-10-8-6-4-2/h3-50H2,1-2H3. The molecule has 0 spiro atoms. The molecular weight excluding hydrogens is 601 g/mol. The highest BCUT2D eigenvalue weighted by Crippen LogP contribution is 2.18. The Labute approximate surface area is 321 Å². The molecule has 0 atom stereocenters. The van der Waals surface area contributed by atoms with Crippen molar-refractivity contribution < 1.29 is 0 Å². The average Bonchev–Trinajstić information content (AvgIpc) is 3.13. The Morgan fingerprint density at radius 3 is 0.220 bits per heavy atom. The Morgan fingerprint density at radius 1 is 0.100 bits per heavy atom. The fraction of sp³-hybridized carbons (Fsp3) is 1.00. The molecule has 50 heavy (non-hydrogen) atoms. The lowest BCUT2D eigenvalue weighted by Crippen LogP contribution is -1.85. The van der Waals surface area contributed by atoms with E-state index in [1.807, 2.05) is 0 Å². The number of unbranched alkanes of at least 4 members (excludes halogenated alkanes) is 47. The van der Waals surface area contributed by atoms with E-state index in [-0.39, 0.29) is 0 Å². The lowest BCUT2D eigenvalue weighted by Gasteiger charge is -2.05. The minimum Gasteiger partial charge on any atom is -0.0654 e. The van der Waals surface area contributed by atoms with Crippen LogP contribution in [0.15, 0.2) is 0 Å². The molecule has 0 bridgehead atoms. The van der Waals surface area contributed by atoms with Gasteiger partial charge in [0.15, 0.2) is 0 Å². The second kappa shape index (κ2) is 49.0. The van der Waals surface area contributed by atoms with Crippen LogP contribution in [-0.2, 0) is 0 Å². The minimum absolute atomic E-state index is 1.37. The minimum atomic E-state index is 1.37. The SMILES string of the molecule is CCCCCCCCCCCCCCCCCCCCCCCCCCCCCCCCCCCCCCCCCCCCCCCCCC. The molecule has 0 saturated carbocycles. The van der Waals surface area contributed by atoms with Crippen LogP contribution in [0.2, 0.25) is 0 Å². The summed E-state index contributed by atoms with van der Waals surface area (Å²) in [6.45, 7) is 4.62. The Hall–Kier alpha value is 0. The largest absolute Gasteiger partial charge is 0.0654 e. The Bertz CT molecular complexity index is 488. The predicted octanol–water partition coefficient (Wildman–Crippen LogP) is 19.8. The van der Waals surface area contributed by atoms with E-state index in [9.17, 15) is 0 Å². The van der Waals surface area contributed by atoms with E-state index in [0.717, 1.165) is 0 Å². The van der Waals surface area contributed by atoms with Crippen LogP contribution < -0.4 is 0 Å². The van der Waals surface area contributed by atoms with Crippen molar-refractivity contribution in [3.63, 3.8) is 0 Å². The first-order valence-electron chi connectivity index (χ1n) is 24.9. The zero-order chi connectivity index (χ0) is 35.9. The molecular formula is C50H102. The molecule has 0 amide bonds. The first-order chi connectivity index (χ1) is 24.9. The van der Waals surface area contributed by atoms with Gasteiger partial charge in [-0.15, -0.1) is 0 Å². The maximum atomic E-state index is 2.31. The molecule has 0 fully saturated rings. The van der Waals surface area contributed by atoms with E-state index in [1.165, 1.54) is 308 Å². The van der Waals surface area contributed by atoms with Crippen LogP contribution in [0.5, 0.6) is 0 Å². The second-order valence-corrected chi connectivity index (χ2v) is 17.3. The smallest absolute Gasteiger partial charge is 0.0533 e. The van der Waals surface area contributed by atoms with Gasteiger partial charge in [0, 0.05) is 0 Å². The van der Waals surface area contributed by atoms with Crippen LogP contribution in [0.1, 0.15) is 322 Å². The van der Waals surface area contributed by atoms with Gasteiger partial charge in [0.05, 0.1) is 0 Å². The fourth-order valence-electron chi connectivity index (χ4n) is 8.28. The molecule has 0 aromatic carbocycles. The van der Waals surface area contributed by atoms with Gasteiger partial charge in [-0.25, -0.2) is 0 Å². The summed E-state index contributed by atoms with van der Waals surface area (Å²) >= 11 is 0. The molecule has 0 saturated heterocycles. The first kappa shape index (κ1) is 50.0. The molecule has 0 nitrogen and oxygen atoms in total. The van der Waals surface area contributed by atoms with E-state index in [1.54, 1.807) is 0 Å². The van der Waals surface area contributed by atoms with Gasteiger partial charge in [0.25, 0.3) is 0 Å². The monoisotopic (exact) mass is 703 g/mol. The number of hydrogen-bond donors (Lipinski definition) is 0. The van der Waals surface area contributed by atoms with E-state index >= 15 is 0 Å². The average molecular weight is 703 g/mol. The van der Waals surface area contributed by atoms with Gasteiger partial charge in [-0.1, -0.05) is 322 Å². The van der Waals surface area contributed by atoms with Gasteiger partial charge >= 0.3 is 0 Å². The molecule has 0 aliphatic heterocycles. The summed E-state index contributed by atoms with van der Waals surface area (Å²) in [6, 6.07) is 0. The second-order valence-electron chi connectivity index (χ2n) is 17.3. The lowest BCUT2D eigenvalue weighted by atomic mass is 10.0. The van der Waals surface area contributed by atoms with Gasteiger partial charge in [-0.05, 0) is 0 Å². The van der Waals surface area contributed by atoms with Crippen molar-refractivity contribution in [3.05, 3.63) is 0 Å². The fourth-order valence-corrected chi connectivity index (χ4v) is 8.28. The Balaban J connectivity index is 3.04. The van der Waals surface area contributed by atoms with Gasteiger partial charge in [0.2, 0.25) is 0 Å². The highest BCUT2D eigenvalue weighted by molar-refractivity contribution is 4.54. The highest BCUT2D eigenvalue weighted by Gasteiger charge is 1.98. The van der Waals surface area contributed by atoms with Crippen LogP contribution in [-0.4, -0.2) is 0 Å². The van der Waals surface area contributed by atoms with Crippen LogP contribution in [0.25, 0.3) is 0 Å². The van der Waals surface area contributed by atoms with Crippen molar-refractivity contribution in [3.8, 4) is 0 Å². The van der Waals surface area contributed by atoms with Gasteiger partial charge in [-0.2, -0.15) is 0 Å². The molecule has 0 heteroatoms.